The lowest BCUT2D eigenvalue weighted by atomic mass is 10.0. The Labute approximate surface area is 201 Å². The summed E-state index contributed by atoms with van der Waals surface area (Å²) in [6, 6.07) is 27.4. The van der Waals surface area contributed by atoms with E-state index >= 15 is 0 Å². The molecule has 0 aliphatic rings. The Hall–Kier alpha value is -3.60. The van der Waals surface area contributed by atoms with Crippen molar-refractivity contribution >= 4 is 35.1 Å². The second-order valence-electron chi connectivity index (χ2n) is 7.19. The Morgan fingerprint density at radius 2 is 0.970 bits per heavy atom. The molecule has 0 N–H and O–H groups in total. The molecular formula is C27H18Cl2O4. The summed E-state index contributed by atoms with van der Waals surface area (Å²) in [5.74, 6) is -0.260. The van der Waals surface area contributed by atoms with Crippen molar-refractivity contribution < 1.29 is 19.1 Å². The first-order valence-electron chi connectivity index (χ1n) is 10.1. The molecule has 164 valence electrons. The first kappa shape index (κ1) is 22.6. The third-order valence-electron chi connectivity index (χ3n) is 4.85. The fourth-order valence-electron chi connectivity index (χ4n) is 3.24. The van der Waals surface area contributed by atoms with Crippen molar-refractivity contribution in [2.45, 2.75) is 6.42 Å². The van der Waals surface area contributed by atoms with Crippen LogP contribution in [-0.4, -0.2) is 11.9 Å². The van der Waals surface area contributed by atoms with Gasteiger partial charge in [0.2, 0.25) is 0 Å². The Morgan fingerprint density at radius 3 is 1.36 bits per heavy atom. The van der Waals surface area contributed by atoms with Gasteiger partial charge in [-0.15, -0.1) is 0 Å². The summed E-state index contributed by atoms with van der Waals surface area (Å²) in [6.45, 7) is 0. The summed E-state index contributed by atoms with van der Waals surface area (Å²) < 4.78 is 11.3. The fourth-order valence-corrected chi connectivity index (χ4v) is 3.63. The zero-order valence-electron chi connectivity index (χ0n) is 17.3. The number of halogens is 2. The van der Waals surface area contributed by atoms with Crippen molar-refractivity contribution in [1.29, 1.82) is 0 Å². The van der Waals surface area contributed by atoms with Crippen LogP contribution < -0.4 is 9.47 Å². The molecule has 0 spiro atoms. The Kier molecular flexibility index (Phi) is 7.08. The van der Waals surface area contributed by atoms with Crippen LogP contribution in [0.3, 0.4) is 0 Å². The quantitative estimate of drug-likeness (QED) is 0.221. The number of esters is 2. The number of carbonyl (C=O) groups is 2. The van der Waals surface area contributed by atoms with Gasteiger partial charge in [0.1, 0.15) is 11.5 Å². The molecule has 0 atom stereocenters. The van der Waals surface area contributed by atoms with Gasteiger partial charge >= 0.3 is 11.9 Å². The molecule has 0 unspecified atom stereocenters. The van der Waals surface area contributed by atoms with Crippen LogP contribution in [-0.2, 0) is 6.42 Å². The lowest BCUT2D eigenvalue weighted by Crippen LogP contribution is -2.11. The van der Waals surface area contributed by atoms with Crippen LogP contribution in [0.5, 0.6) is 11.5 Å². The monoisotopic (exact) mass is 476 g/mol. The molecule has 0 bridgehead atoms. The van der Waals surface area contributed by atoms with Crippen LogP contribution in [0.4, 0.5) is 0 Å². The standard InChI is InChI=1S/C27H18Cl2O4/c28-22-11-13-24(32-26(30)18-7-3-1-4-8-18)20(16-22)15-21-17-23(29)12-14-25(21)33-27(31)19-9-5-2-6-10-19/h1-14,16-17H,15H2. The van der Waals surface area contributed by atoms with E-state index in [4.69, 9.17) is 32.7 Å². The number of hydrogen-bond acceptors (Lipinski definition) is 4. The highest BCUT2D eigenvalue weighted by molar-refractivity contribution is 6.31. The predicted molar refractivity (Wildman–Crippen MR) is 129 cm³/mol. The van der Waals surface area contributed by atoms with Crippen LogP contribution in [0.1, 0.15) is 31.8 Å². The van der Waals surface area contributed by atoms with Crippen molar-refractivity contribution in [1.82, 2.24) is 0 Å². The van der Waals surface area contributed by atoms with Gasteiger partial charge < -0.3 is 9.47 Å². The zero-order valence-corrected chi connectivity index (χ0v) is 18.8. The van der Waals surface area contributed by atoms with E-state index in [1.54, 1.807) is 84.9 Å². The summed E-state index contributed by atoms with van der Waals surface area (Å²) in [4.78, 5) is 25.2. The Morgan fingerprint density at radius 1 is 0.576 bits per heavy atom. The Bertz CT molecular complexity index is 1190. The molecule has 4 aromatic carbocycles. The first-order chi connectivity index (χ1) is 16.0. The highest BCUT2D eigenvalue weighted by Crippen LogP contribution is 2.31. The van der Waals surface area contributed by atoms with Crippen molar-refractivity contribution in [3.05, 3.63) is 129 Å². The average molecular weight is 477 g/mol. The average Bonchev–Trinajstić information content (AvgIpc) is 2.83. The lowest BCUT2D eigenvalue weighted by Gasteiger charge is -2.14. The van der Waals surface area contributed by atoms with Crippen LogP contribution in [0, 0.1) is 0 Å². The smallest absolute Gasteiger partial charge is 0.343 e. The summed E-state index contributed by atoms with van der Waals surface area (Å²) in [5.41, 5.74) is 2.15. The van der Waals surface area contributed by atoms with Gasteiger partial charge in [-0.3, -0.25) is 0 Å². The van der Waals surface area contributed by atoms with Gasteiger partial charge in [0.15, 0.2) is 0 Å². The van der Waals surface area contributed by atoms with Gasteiger partial charge in [-0.1, -0.05) is 59.6 Å². The third-order valence-corrected chi connectivity index (χ3v) is 5.32. The zero-order chi connectivity index (χ0) is 23.2. The van der Waals surface area contributed by atoms with E-state index in [0.717, 1.165) is 0 Å². The second-order valence-corrected chi connectivity index (χ2v) is 8.06. The highest BCUT2D eigenvalue weighted by atomic mass is 35.5. The van der Waals surface area contributed by atoms with E-state index in [-0.39, 0.29) is 6.42 Å². The maximum atomic E-state index is 12.6. The molecule has 0 aliphatic carbocycles. The second kappa shape index (κ2) is 10.3. The molecule has 0 amide bonds. The summed E-state index contributed by atoms with van der Waals surface area (Å²) in [6.07, 6.45) is 0.274. The van der Waals surface area contributed by atoms with E-state index in [9.17, 15) is 9.59 Å². The first-order valence-corrected chi connectivity index (χ1v) is 10.9. The fraction of sp³-hybridized carbons (Fsp3) is 0.0370. The largest absolute Gasteiger partial charge is 0.423 e. The summed E-state index contributed by atoms with van der Waals surface area (Å²) in [7, 11) is 0. The number of ether oxygens (including phenoxy) is 2. The maximum Gasteiger partial charge on any atom is 0.343 e. The molecular weight excluding hydrogens is 459 g/mol. The van der Waals surface area contributed by atoms with Crippen LogP contribution in [0.25, 0.3) is 0 Å². The summed E-state index contributed by atoms with van der Waals surface area (Å²) >= 11 is 12.4. The van der Waals surface area contributed by atoms with Crippen molar-refractivity contribution in [3.63, 3.8) is 0 Å². The lowest BCUT2D eigenvalue weighted by molar-refractivity contribution is 0.0725. The minimum atomic E-state index is -0.485. The van der Waals surface area contributed by atoms with Gasteiger partial charge in [0.25, 0.3) is 0 Å². The van der Waals surface area contributed by atoms with Crippen LogP contribution in [0.15, 0.2) is 97.1 Å². The van der Waals surface area contributed by atoms with Crippen molar-refractivity contribution in [2.24, 2.45) is 0 Å². The predicted octanol–water partition coefficient (Wildman–Crippen LogP) is 7.02. The molecule has 0 radical (unpaired) electrons. The van der Waals surface area contributed by atoms with Gasteiger partial charge in [-0.05, 0) is 60.7 Å². The van der Waals surface area contributed by atoms with Crippen molar-refractivity contribution in [2.75, 3.05) is 0 Å². The maximum absolute atomic E-state index is 12.6. The topological polar surface area (TPSA) is 52.6 Å². The minimum absolute atomic E-state index is 0.274. The van der Waals surface area contributed by atoms with Gasteiger partial charge in [0.05, 0.1) is 11.1 Å². The van der Waals surface area contributed by atoms with Crippen LogP contribution >= 0.6 is 23.2 Å². The van der Waals surface area contributed by atoms with Crippen LogP contribution in [0.2, 0.25) is 10.0 Å². The molecule has 4 nitrogen and oxygen atoms in total. The number of carbonyl (C=O) groups excluding carboxylic acids is 2. The minimum Gasteiger partial charge on any atom is -0.423 e. The Balaban J connectivity index is 1.62. The molecule has 0 heterocycles. The molecule has 0 aliphatic heterocycles. The SMILES string of the molecule is O=C(Oc1ccc(Cl)cc1Cc1cc(Cl)ccc1OC(=O)c1ccccc1)c1ccccc1. The number of hydrogen-bond donors (Lipinski definition) is 0. The molecule has 4 rings (SSSR count). The van der Waals surface area contributed by atoms with E-state index < -0.39 is 11.9 Å². The normalized spacial score (nSPS) is 10.5. The number of benzene rings is 4. The molecule has 0 saturated heterocycles. The molecule has 0 aromatic heterocycles. The highest BCUT2D eigenvalue weighted by Gasteiger charge is 2.17. The van der Waals surface area contributed by atoms with Gasteiger partial charge in [-0.2, -0.15) is 0 Å². The van der Waals surface area contributed by atoms with Gasteiger partial charge in [-0.25, -0.2) is 9.59 Å². The molecule has 0 fully saturated rings. The summed E-state index contributed by atoms with van der Waals surface area (Å²) in [5, 5.41) is 0.962. The molecule has 0 saturated carbocycles. The molecule has 6 heteroatoms. The molecule has 33 heavy (non-hydrogen) atoms. The number of rotatable bonds is 6. The molecule has 4 aromatic rings. The third kappa shape index (κ3) is 5.80. The van der Waals surface area contributed by atoms with Gasteiger partial charge in [0, 0.05) is 27.6 Å². The van der Waals surface area contributed by atoms with E-state index in [1.807, 2.05) is 12.1 Å². The van der Waals surface area contributed by atoms with E-state index in [1.165, 1.54) is 0 Å². The van der Waals surface area contributed by atoms with E-state index in [2.05, 4.69) is 0 Å². The van der Waals surface area contributed by atoms with Crippen molar-refractivity contribution in [3.8, 4) is 11.5 Å². The van der Waals surface area contributed by atoms with E-state index in [0.29, 0.717) is 43.8 Å².